The van der Waals surface area contributed by atoms with E-state index in [-0.39, 0.29) is 12.2 Å². The first-order chi connectivity index (χ1) is 13.2. The van der Waals surface area contributed by atoms with Crippen molar-refractivity contribution in [3.63, 3.8) is 0 Å². The van der Waals surface area contributed by atoms with Crippen molar-refractivity contribution in [2.75, 3.05) is 20.3 Å². The second kappa shape index (κ2) is 10.4. The summed E-state index contributed by atoms with van der Waals surface area (Å²) in [6.07, 6.45) is 1.51. The summed E-state index contributed by atoms with van der Waals surface area (Å²) in [6, 6.07) is 18.3. The van der Waals surface area contributed by atoms with Gasteiger partial charge >= 0.3 is 0 Å². The molecule has 6 nitrogen and oxygen atoms in total. The monoisotopic (exact) mass is 361 g/mol. The zero-order chi connectivity index (χ0) is 19.5. The average molecular weight is 361 g/mol. The van der Waals surface area contributed by atoms with Crippen molar-refractivity contribution in [1.29, 1.82) is 10.5 Å². The zero-order valence-corrected chi connectivity index (χ0v) is 14.9. The molecule has 0 radical (unpaired) electrons. The van der Waals surface area contributed by atoms with E-state index >= 15 is 0 Å². The van der Waals surface area contributed by atoms with Crippen molar-refractivity contribution in [1.82, 2.24) is 5.32 Å². The van der Waals surface area contributed by atoms with Gasteiger partial charge in [-0.25, -0.2) is 0 Å². The molecular weight excluding hydrogens is 342 g/mol. The molecule has 2 aromatic rings. The van der Waals surface area contributed by atoms with E-state index in [0.29, 0.717) is 30.0 Å². The van der Waals surface area contributed by atoms with E-state index in [1.54, 1.807) is 36.4 Å². The number of carbonyl (C=O) groups excluding carboxylic acids is 1. The first kappa shape index (κ1) is 19.7. The van der Waals surface area contributed by atoms with Crippen LogP contribution < -0.4 is 10.1 Å². The molecule has 1 amide bonds. The molecule has 0 aliphatic heterocycles. The highest BCUT2D eigenvalue weighted by atomic mass is 16.5. The lowest BCUT2D eigenvalue weighted by Gasteiger charge is -2.08. The van der Waals surface area contributed by atoms with Crippen LogP contribution in [0.3, 0.4) is 0 Å². The fraction of sp³-hybridized carbons (Fsp3) is 0.190. The molecule has 1 N–H and O–H groups in total. The normalized spacial score (nSPS) is 10.6. The predicted molar refractivity (Wildman–Crippen MR) is 100 cm³/mol. The second-order valence-electron chi connectivity index (χ2n) is 5.55. The number of nitriles is 2. The van der Waals surface area contributed by atoms with Gasteiger partial charge in [-0.1, -0.05) is 30.3 Å². The molecule has 0 aliphatic rings. The SMILES string of the molecule is COCCNC(=O)/C(C#N)=C/c1ccc(OCc2ccccc2C#N)cc1. The van der Waals surface area contributed by atoms with Gasteiger partial charge in [-0.15, -0.1) is 0 Å². The highest BCUT2D eigenvalue weighted by molar-refractivity contribution is 6.01. The molecule has 0 saturated carbocycles. The van der Waals surface area contributed by atoms with Crippen LogP contribution in [-0.2, 0) is 16.1 Å². The molecule has 2 rings (SSSR count). The highest BCUT2D eigenvalue weighted by Gasteiger charge is 2.08. The predicted octanol–water partition coefficient (Wildman–Crippen LogP) is 2.81. The molecule has 0 atom stereocenters. The molecule has 0 bridgehead atoms. The summed E-state index contributed by atoms with van der Waals surface area (Å²) >= 11 is 0. The Kier molecular flexibility index (Phi) is 7.59. The zero-order valence-electron chi connectivity index (χ0n) is 14.9. The van der Waals surface area contributed by atoms with E-state index in [2.05, 4.69) is 11.4 Å². The highest BCUT2D eigenvalue weighted by Crippen LogP contribution is 2.17. The average Bonchev–Trinajstić information content (AvgIpc) is 2.71. The summed E-state index contributed by atoms with van der Waals surface area (Å²) in [5.41, 5.74) is 2.11. The van der Waals surface area contributed by atoms with E-state index < -0.39 is 5.91 Å². The van der Waals surface area contributed by atoms with Gasteiger partial charge in [-0.3, -0.25) is 4.79 Å². The molecular formula is C21H19N3O3. The number of rotatable bonds is 8. The fourth-order valence-corrected chi connectivity index (χ4v) is 2.25. The number of benzene rings is 2. The van der Waals surface area contributed by atoms with Gasteiger partial charge in [-0.05, 0) is 29.8 Å². The van der Waals surface area contributed by atoms with E-state index in [9.17, 15) is 4.79 Å². The molecule has 0 unspecified atom stereocenters. The van der Waals surface area contributed by atoms with Gasteiger partial charge in [0.25, 0.3) is 5.91 Å². The number of amides is 1. The van der Waals surface area contributed by atoms with Crippen LogP contribution in [0.4, 0.5) is 0 Å². The van der Waals surface area contributed by atoms with Crippen LogP contribution in [0, 0.1) is 22.7 Å². The molecule has 0 aromatic heterocycles. The molecule has 136 valence electrons. The van der Waals surface area contributed by atoms with Gasteiger partial charge in [0.15, 0.2) is 0 Å². The quantitative estimate of drug-likeness (QED) is 0.443. The van der Waals surface area contributed by atoms with Gasteiger partial charge in [0, 0.05) is 19.2 Å². The number of hydrogen-bond acceptors (Lipinski definition) is 5. The van der Waals surface area contributed by atoms with Crippen LogP contribution in [0.15, 0.2) is 54.1 Å². The van der Waals surface area contributed by atoms with Gasteiger partial charge in [-0.2, -0.15) is 10.5 Å². The molecule has 27 heavy (non-hydrogen) atoms. The van der Waals surface area contributed by atoms with Crippen LogP contribution >= 0.6 is 0 Å². The van der Waals surface area contributed by atoms with Crippen molar-refractivity contribution < 1.29 is 14.3 Å². The van der Waals surface area contributed by atoms with Gasteiger partial charge in [0.2, 0.25) is 0 Å². The number of hydrogen-bond donors (Lipinski definition) is 1. The maximum Gasteiger partial charge on any atom is 0.262 e. The van der Waals surface area contributed by atoms with Crippen molar-refractivity contribution in [2.24, 2.45) is 0 Å². The lowest BCUT2D eigenvalue weighted by atomic mass is 10.1. The minimum Gasteiger partial charge on any atom is -0.489 e. The fourth-order valence-electron chi connectivity index (χ4n) is 2.25. The van der Waals surface area contributed by atoms with Crippen LogP contribution in [0.25, 0.3) is 6.08 Å². The molecule has 0 aliphatic carbocycles. The Labute approximate surface area is 158 Å². The Morgan fingerprint density at radius 2 is 1.89 bits per heavy atom. The standard InChI is InChI=1S/C21H19N3O3/c1-26-11-10-24-21(25)19(14-23)12-16-6-8-20(9-7-16)27-15-18-5-3-2-4-17(18)13-22/h2-9,12H,10-11,15H2,1H3,(H,24,25)/b19-12+. The van der Waals surface area contributed by atoms with Gasteiger partial charge in [0.05, 0.1) is 18.2 Å². The third kappa shape index (κ3) is 6.00. The summed E-state index contributed by atoms with van der Waals surface area (Å²) in [5, 5.41) is 20.9. The Balaban J connectivity index is 2.00. The van der Waals surface area contributed by atoms with Crippen molar-refractivity contribution in [3.05, 3.63) is 70.8 Å². The summed E-state index contributed by atoms with van der Waals surface area (Å²) in [5.74, 6) is 0.186. The Morgan fingerprint density at radius 1 is 1.15 bits per heavy atom. The smallest absolute Gasteiger partial charge is 0.262 e. The maximum absolute atomic E-state index is 11.9. The van der Waals surface area contributed by atoms with Crippen molar-refractivity contribution in [3.8, 4) is 17.9 Å². The summed E-state index contributed by atoms with van der Waals surface area (Å²) in [7, 11) is 1.54. The third-order valence-electron chi connectivity index (χ3n) is 3.68. The molecule has 0 spiro atoms. The molecule has 0 fully saturated rings. The topological polar surface area (TPSA) is 95.1 Å². The molecule has 6 heteroatoms. The van der Waals surface area contributed by atoms with E-state index in [1.807, 2.05) is 18.2 Å². The van der Waals surface area contributed by atoms with Gasteiger partial charge < -0.3 is 14.8 Å². The number of nitrogens with one attached hydrogen (secondary N) is 1. The summed E-state index contributed by atoms with van der Waals surface area (Å²) in [4.78, 5) is 11.9. The van der Waals surface area contributed by atoms with E-state index in [4.69, 9.17) is 20.0 Å². The third-order valence-corrected chi connectivity index (χ3v) is 3.68. The molecule has 0 heterocycles. The summed E-state index contributed by atoms with van der Waals surface area (Å²) in [6.45, 7) is 1.00. The van der Waals surface area contributed by atoms with Gasteiger partial charge in [0.1, 0.15) is 24.0 Å². The molecule has 2 aromatic carbocycles. The van der Waals surface area contributed by atoms with E-state index in [1.165, 1.54) is 13.2 Å². The van der Waals surface area contributed by atoms with Crippen LogP contribution in [-0.4, -0.2) is 26.2 Å². The minimum absolute atomic E-state index is 0.0164. The second-order valence-corrected chi connectivity index (χ2v) is 5.55. The Bertz CT molecular complexity index is 890. The van der Waals surface area contributed by atoms with Crippen LogP contribution in [0.1, 0.15) is 16.7 Å². The number of carbonyl (C=O) groups is 1. The maximum atomic E-state index is 11.9. The Morgan fingerprint density at radius 3 is 2.56 bits per heavy atom. The number of methoxy groups -OCH3 is 1. The van der Waals surface area contributed by atoms with Crippen molar-refractivity contribution >= 4 is 12.0 Å². The summed E-state index contributed by atoms with van der Waals surface area (Å²) < 4.78 is 10.6. The van der Waals surface area contributed by atoms with Crippen LogP contribution in [0.5, 0.6) is 5.75 Å². The first-order valence-corrected chi connectivity index (χ1v) is 8.27. The minimum atomic E-state index is -0.442. The lowest BCUT2D eigenvalue weighted by molar-refractivity contribution is -0.117. The number of ether oxygens (including phenoxy) is 2. The largest absolute Gasteiger partial charge is 0.489 e. The molecule has 0 saturated heterocycles. The van der Waals surface area contributed by atoms with E-state index in [0.717, 1.165) is 5.56 Å². The Hall–Kier alpha value is -3.61. The van der Waals surface area contributed by atoms with Crippen molar-refractivity contribution in [2.45, 2.75) is 6.61 Å². The number of nitrogens with zero attached hydrogens (tertiary/aromatic N) is 2. The first-order valence-electron chi connectivity index (χ1n) is 8.27. The lowest BCUT2D eigenvalue weighted by Crippen LogP contribution is -2.27. The van der Waals surface area contributed by atoms with Crippen LogP contribution in [0.2, 0.25) is 0 Å².